The van der Waals surface area contributed by atoms with Crippen molar-refractivity contribution in [2.75, 3.05) is 0 Å². The highest BCUT2D eigenvalue weighted by atomic mass is 19.4. The van der Waals surface area contributed by atoms with Crippen molar-refractivity contribution in [2.45, 2.75) is 31.3 Å². The van der Waals surface area contributed by atoms with Gasteiger partial charge < -0.3 is 5.11 Å². The van der Waals surface area contributed by atoms with Crippen molar-refractivity contribution in [1.29, 1.82) is 0 Å². The third-order valence-electron chi connectivity index (χ3n) is 4.08. The van der Waals surface area contributed by atoms with Crippen LogP contribution in [0.5, 0.6) is 0 Å². The molecular formula is C18H14F6O2. The molecule has 2 aliphatic rings. The van der Waals surface area contributed by atoms with Gasteiger partial charge in [-0.1, -0.05) is 30.9 Å². The van der Waals surface area contributed by atoms with Crippen LogP contribution in [0.25, 0.3) is 0 Å². The molecule has 2 rings (SSSR count). The topological polar surface area (TPSA) is 37.3 Å². The number of hydrogen-bond donors (Lipinski definition) is 1. The molecular weight excluding hydrogens is 362 g/mol. The van der Waals surface area contributed by atoms with E-state index in [0.29, 0.717) is 28.4 Å². The van der Waals surface area contributed by atoms with Gasteiger partial charge in [0.1, 0.15) is 0 Å². The maximum absolute atomic E-state index is 12.7. The summed E-state index contributed by atoms with van der Waals surface area (Å²) in [5, 5.41) is 9.12. The molecule has 0 amide bonds. The predicted molar refractivity (Wildman–Crippen MR) is 83.0 cm³/mol. The van der Waals surface area contributed by atoms with Crippen molar-refractivity contribution in [3.8, 4) is 0 Å². The van der Waals surface area contributed by atoms with Crippen molar-refractivity contribution in [2.24, 2.45) is 0 Å². The van der Waals surface area contributed by atoms with Crippen LogP contribution in [0.3, 0.4) is 0 Å². The van der Waals surface area contributed by atoms with Crippen LogP contribution in [-0.4, -0.2) is 28.8 Å². The van der Waals surface area contributed by atoms with Crippen LogP contribution in [0, 0.1) is 0 Å². The fraction of sp³-hybridized carbons (Fsp3) is 0.278. The molecule has 26 heavy (non-hydrogen) atoms. The quantitative estimate of drug-likeness (QED) is 0.572. The van der Waals surface area contributed by atoms with Gasteiger partial charge in [0.25, 0.3) is 5.60 Å². The van der Waals surface area contributed by atoms with E-state index in [4.69, 9.17) is 5.11 Å². The molecule has 1 N–H and O–H groups in total. The van der Waals surface area contributed by atoms with Crippen molar-refractivity contribution in [3.63, 3.8) is 0 Å². The number of allylic oxidation sites excluding steroid dienone is 10. The zero-order chi connectivity index (χ0) is 19.9. The van der Waals surface area contributed by atoms with Gasteiger partial charge in [-0.15, -0.1) is 0 Å². The molecule has 0 aliphatic heterocycles. The van der Waals surface area contributed by atoms with E-state index < -0.39 is 24.4 Å². The normalized spacial score (nSPS) is 18.4. The van der Waals surface area contributed by atoms with Gasteiger partial charge in [-0.05, 0) is 41.4 Å². The number of fused-ring (bicyclic) bond motifs is 1. The Hall–Kier alpha value is -2.35. The van der Waals surface area contributed by atoms with Crippen LogP contribution in [-0.2, 0) is 4.79 Å². The van der Waals surface area contributed by atoms with Crippen LogP contribution in [0.1, 0.15) is 13.3 Å². The first kappa shape index (κ1) is 20.0. The van der Waals surface area contributed by atoms with Gasteiger partial charge in [0.15, 0.2) is 5.78 Å². The van der Waals surface area contributed by atoms with Crippen LogP contribution in [0.15, 0.2) is 70.9 Å². The Kier molecular flexibility index (Phi) is 4.93. The molecule has 2 aliphatic carbocycles. The predicted octanol–water partition coefficient (Wildman–Crippen LogP) is 4.67. The van der Waals surface area contributed by atoms with Gasteiger partial charge in [-0.2, -0.15) is 26.3 Å². The van der Waals surface area contributed by atoms with Gasteiger partial charge >= 0.3 is 12.4 Å². The van der Waals surface area contributed by atoms with E-state index >= 15 is 0 Å². The molecule has 140 valence electrons. The molecule has 0 radical (unpaired) electrons. The molecule has 2 nitrogen and oxygen atoms in total. The molecule has 0 fully saturated rings. The van der Waals surface area contributed by atoms with E-state index in [0.717, 1.165) is 6.08 Å². The van der Waals surface area contributed by atoms with E-state index in [-0.39, 0.29) is 11.4 Å². The number of rotatable bonds is 4. The first-order valence-electron chi connectivity index (χ1n) is 7.37. The summed E-state index contributed by atoms with van der Waals surface area (Å²) in [7, 11) is 0. The van der Waals surface area contributed by atoms with Gasteiger partial charge in [0.2, 0.25) is 0 Å². The lowest BCUT2D eigenvalue weighted by Crippen LogP contribution is -2.56. The Morgan fingerprint density at radius 2 is 1.73 bits per heavy atom. The Morgan fingerprint density at radius 1 is 1.15 bits per heavy atom. The average molecular weight is 376 g/mol. The molecule has 0 spiro atoms. The fourth-order valence-electron chi connectivity index (χ4n) is 2.69. The van der Waals surface area contributed by atoms with Gasteiger partial charge in [-0.25, -0.2) is 0 Å². The van der Waals surface area contributed by atoms with Crippen LogP contribution < -0.4 is 0 Å². The first-order valence-corrected chi connectivity index (χ1v) is 7.37. The zero-order valence-corrected chi connectivity index (χ0v) is 13.5. The summed E-state index contributed by atoms with van der Waals surface area (Å²) in [5.41, 5.74) is -2.75. The van der Waals surface area contributed by atoms with Crippen molar-refractivity contribution in [1.82, 2.24) is 0 Å². The van der Waals surface area contributed by atoms with E-state index in [1.165, 1.54) is 12.2 Å². The zero-order valence-electron chi connectivity index (χ0n) is 13.5. The van der Waals surface area contributed by atoms with Crippen LogP contribution in [0.4, 0.5) is 26.3 Å². The molecule has 0 saturated carbocycles. The second-order valence-electron chi connectivity index (χ2n) is 5.91. The lowest BCUT2D eigenvalue weighted by atomic mass is 9.90. The summed E-state index contributed by atoms with van der Waals surface area (Å²) in [5.74, 6) is -0.253. The van der Waals surface area contributed by atoms with E-state index in [1.54, 1.807) is 19.1 Å². The van der Waals surface area contributed by atoms with Gasteiger partial charge in [0, 0.05) is 12.0 Å². The minimum Gasteiger partial charge on any atom is -0.373 e. The average Bonchev–Trinajstić information content (AvgIpc) is 2.82. The van der Waals surface area contributed by atoms with Crippen LogP contribution in [0.2, 0.25) is 0 Å². The third kappa shape index (κ3) is 3.33. The molecule has 8 heteroatoms. The lowest BCUT2D eigenvalue weighted by Gasteiger charge is -2.31. The molecule has 0 aromatic carbocycles. The van der Waals surface area contributed by atoms with Gasteiger partial charge in [-0.3, -0.25) is 4.79 Å². The maximum atomic E-state index is 12.7. The molecule has 0 aromatic heterocycles. The molecule has 0 aromatic rings. The van der Waals surface area contributed by atoms with Crippen LogP contribution >= 0.6 is 0 Å². The maximum Gasteiger partial charge on any atom is 0.426 e. The Morgan fingerprint density at radius 3 is 2.27 bits per heavy atom. The number of carbonyl (C=O) groups is 1. The molecule has 0 unspecified atom stereocenters. The minimum absolute atomic E-state index is 0.134. The largest absolute Gasteiger partial charge is 0.426 e. The van der Waals surface area contributed by atoms with Crippen molar-refractivity contribution in [3.05, 3.63) is 70.9 Å². The monoisotopic (exact) mass is 376 g/mol. The number of carbonyl (C=O) groups excluding carboxylic acids is 1. The smallest absolute Gasteiger partial charge is 0.373 e. The summed E-state index contributed by atoms with van der Waals surface area (Å²) in [4.78, 5) is 11.8. The standard InChI is InChI=1S/C18H14F6O2/c1-10(5-4-8-16(26,17(19,20)21)18(22,23)24)15-11(2)9-13-12(15)6-3-7-14(13)25/h3-7,9,26H,1,8H2,2H3/b5-4+. The summed E-state index contributed by atoms with van der Waals surface area (Å²) < 4.78 is 75.9. The Bertz CT molecular complexity index is 787. The summed E-state index contributed by atoms with van der Waals surface area (Å²) in [6, 6.07) is 0. The number of ketones is 1. The summed E-state index contributed by atoms with van der Waals surface area (Å²) >= 11 is 0. The summed E-state index contributed by atoms with van der Waals surface area (Å²) in [6.45, 7) is 5.30. The highest BCUT2D eigenvalue weighted by Gasteiger charge is 2.69. The van der Waals surface area contributed by atoms with E-state index in [1.807, 2.05) is 0 Å². The second-order valence-corrected chi connectivity index (χ2v) is 5.91. The molecule has 0 atom stereocenters. The lowest BCUT2D eigenvalue weighted by molar-refractivity contribution is -0.366. The number of hydrogen-bond acceptors (Lipinski definition) is 2. The SMILES string of the molecule is C=C(/C=C/CC(O)(C(F)(F)F)C(F)(F)F)C1=C(C)C=C2C(=O)C=CC=C21. The number of aliphatic hydroxyl groups is 1. The Balaban J connectivity index is 2.23. The second kappa shape index (κ2) is 6.42. The number of alkyl halides is 6. The van der Waals surface area contributed by atoms with Crippen molar-refractivity contribution < 1.29 is 36.2 Å². The fourth-order valence-corrected chi connectivity index (χ4v) is 2.69. The highest BCUT2D eigenvalue weighted by Crippen LogP contribution is 2.45. The van der Waals surface area contributed by atoms with Gasteiger partial charge in [0.05, 0.1) is 0 Å². The molecule has 0 saturated heterocycles. The number of halogens is 6. The molecule has 0 bridgehead atoms. The minimum atomic E-state index is -5.88. The Labute approximate surface area is 145 Å². The van der Waals surface area contributed by atoms with Crippen molar-refractivity contribution >= 4 is 5.78 Å². The summed E-state index contributed by atoms with van der Waals surface area (Å²) in [6.07, 6.45) is -5.89. The first-order chi connectivity index (χ1) is 11.8. The third-order valence-corrected chi connectivity index (χ3v) is 4.08. The highest BCUT2D eigenvalue weighted by molar-refractivity contribution is 6.11. The van der Waals surface area contributed by atoms with E-state index in [2.05, 4.69) is 6.58 Å². The molecule has 0 heterocycles. The van der Waals surface area contributed by atoms with E-state index in [9.17, 15) is 31.1 Å².